The van der Waals surface area contributed by atoms with E-state index in [-0.39, 0.29) is 25.0 Å². The average molecular weight is 309 g/mol. The van der Waals surface area contributed by atoms with E-state index >= 15 is 0 Å². The van der Waals surface area contributed by atoms with E-state index in [4.69, 9.17) is 20.7 Å². The Hall–Kier alpha value is -1.68. The van der Waals surface area contributed by atoms with Crippen LogP contribution in [-0.2, 0) is 24.1 Å². The number of nitrogens with two attached hydrogens (primary N) is 1. The first kappa shape index (κ1) is 18.3. The van der Waals surface area contributed by atoms with Crippen LogP contribution in [0.1, 0.15) is 19.3 Å². The van der Waals surface area contributed by atoms with E-state index in [1.165, 1.54) is 6.26 Å². The first-order valence-electron chi connectivity index (χ1n) is 5.75. The van der Waals surface area contributed by atoms with Gasteiger partial charge >= 0.3 is 11.9 Å². The zero-order valence-electron chi connectivity index (χ0n) is 11.0. The molecule has 0 aromatic carbocycles. The molecule has 116 valence electrons. The fourth-order valence-electron chi connectivity index (χ4n) is 1.28. The highest BCUT2D eigenvalue weighted by Gasteiger charge is 2.21. The minimum atomic E-state index is -2.84. The molecule has 0 aromatic heterocycles. The summed E-state index contributed by atoms with van der Waals surface area (Å²) in [7, 11) is -2.84. The van der Waals surface area contributed by atoms with Gasteiger partial charge in [0.2, 0.25) is 5.91 Å². The molecule has 0 bridgehead atoms. The standard InChI is InChI=1S/C10H19N3O6S/c1-20(12,19)5-4-7(10(17)18)13-8(14)3-2-6(11)9(15)16/h6-7,12H,2-5,11H2,1H3,(H,13,14)(H,15,16)(H,17,18). The summed E-state index contributed by atoms with van der Waals surface area (Å²) in [5.41, 5.74) is 5.21. The molecule has 1 amide bonds. The Labute approximate surface area is 116 Å². The van der Waals surface area contributed by atoms with Gasteiger partial charge in [-0.3, -0.25) is 18.6 Å². The van der Waals surface area contributed by atoms with Crippen molar-refractivity contribution in [3.05, 3.63) is 0 Å². The second-order valence-electron chi connectivity index (χ2n) is 4.44. The molecule has 0 radical (unpaired) electrons. The van der Waals surface area contributed by atoms with Crippen molar-refractivity contribution in [2.45, 2.75) is 31.3 Å². The SMILES string of the molecule is CS(=N)(=O)CCC(NC(=O)CCC(N)C(=O)O)C(=O)O. The molecule has 0 aliphatic heterocycles. The van der Waals surface area contributed by atoms with Crippen molar-refractivity contribution in [1.29, 1.82) is 4.78 Å². The molecule has 0 spiro atoms. The summed E-state index contributed by atoms with van der Waals surface area (Å²) in [6.45, 7) is 0. The lowest BCUT2D eigenvalue weighted by atomic mass is 10.1. The Kier molecular flexibility index (Phi) is 7.14. The van der Waals surface area contributed by atoms with Crippen molar-refractivity contribution < 1.29 is 28.8 Å². The highest BCUT2D eigenvalue weighted by atomic mass is 32.2. The molecular formula is C10H19N3O6S. The summed E-state index contributed by atoms with van der Waals surface area (Å²) < 4.78 is 18.3. The fourth-order valence-corrected chi connectivity index (χ4v) is 1.96. The number of carbonyl (C=O) groups is 3. The second-order valence-corrected chi connectivity index (χ2v) is 6.86. The molecule has 10 heteroatoms. The van der Waals surface area contributed by atoms with E-state index in [1.807, 2.05) is 0 Å². The van der Waals surface area contributed by atoms with Gasteiger partial charge in [0.05, 0.1) is 0 Å². The van der Waals surface area contributed by atoms with E-state index in [2.05, 4.69) is 5.32 Å². The smallest absolute Gasteiger partial charge is 0.326 e. The van der Waals surface area contributed by atoms with Gasteiger partial charge in [-0.05, 0) is 12.8 Å². The number of hydrogen-bond donors (Lipinski definition) is 5. The van der Waals surface area contributed by atoms with Crippen molar-refractivity contribution in [2.24, 2.45) is 5.73 Å². The van der Waals surface area contributed by atoms with Crippen LogP contribution in [-0.4, -0.2) is 56.4 Å². The average Bonchev–Trinajstić information content (AvgIpc) is 2.29. The van der Waals surface area contributed by atoms with Crippen molar-refractivity contribution >= 4 is 27.6 Å². The fraction of sp³-hybridized carbons (Fsp3) is 0.700. The molecule has 0 heterocycles. The maximum Gasteiger partial charge on any atom is 0.326 e. The Morgan fingerprint density at radius 2 is 1.80 bits per heavy atom. The van der Waals surface area contributed by atoms with E-state index in [0.717, 1.165) is 0 Å². The quantitative estimate of drug-likeness (QED) is 0.356. The number of rotatable bonds is 9. The number of amides is 1. The van der Waals surface area contributed by atoms with Gasteiger partial charge in [-0.1, -0.05) is 0 Å². The molecule has 6 N–H and O–H groups in total. The largest absolute Gasteiger partial charge is 0.480 e. The number of carboxylic acids is 2. The zero-order valence-corrected chi connectivity index (χ0v) is 11.8. The Bertz CT molecular complexity index is 475. The summed E-state index contributed by atoms with van der Waals surface area (Å²) in [5.74, 6) is -3.35. The van der Waals surface area contributed by atoms with Gasteiger partial charge < -0.3 is 21.3 Å². The van der Waals surface area contributed by atoms with Crippen molar-refractivity contribution in [2.75, 3.05) is 12.0 Å². The van der Waals surface area contributed by atoms with Crippen LogP contribution < -0.4 is 11.1 Å². The molecule has 3 atom stereocenters. The van der Waals surface area contributed by atoms with Crippen LogP contribution in [0, 0.1) is 4.78 Å². The van der Waals surface area contributed by atoms with Gasteiger partial charge in [0.15, 0.2) is 0 Å². The normalized spacial score (nSPS) is 16.7. The van der Waals surface area contributed by atoms with Crippen molar-refractivity contribution in [3.63, 3.8) is 0 Å². The summed E-state index contributed by atoms with van der Waals surface area (Å²) in [4.78, 5) is 32.8. The summed E-state index contributed by atoms with van der Waals surface area (Å²) in [6.07, 6.45) is 0.709. The van der Waals surface area contributed by atoms with E-state index < -0.39 is 39.7 Å². The topological polar surface area (TPSA) is 171 Å². The van der Waals surface area contributed by atoms with Crippen LogP contribution in [0.2, 0.25) is 0 Å². The predicted molar refractivity (Wildman–Crippen MR) is 70.7 cm³/mol. The second kappa shape index (κ2) is 7.80. The molecule has 0 saturated carbocycles. The number of nitrogens with one attached hydrogen (secondary N) is 2. The molecule has 0 aromatic rings. The molecule has 0 saturated heterocycles. The van der Waals surface area contributed by atoms with Crippen LogP contribution in [0.15, 0.2) is 0 Å². The molecule has 0 fully saturated rings. The van der Waals surface area contributed by atoms with Crippen LogP contribution in [0.4, 0.5) is 0 Å². The van der Waals surface area contributed by atoms with E-state index in [1.54, 1.807) is 0 Å². The summed E-state index contributed by atoms with van der Waals surface area (Å²) >= 11 is 0. The number of hydrogen-bond acceptors (Lipinski definition) is 6. The summed E-state index contributed by atoms with van der Waals surface area (Å²) in [6, 6.07) is -2.44. The highest BCUT2D eigenvalue weighted by molar-refractivity contribution is 7.91. The maximum absolute atomic E-state index is 11.5. The lowest BCUT2D eigenvalue weighted by molar-refractivity contribution is -0.142. The van der Waals surface area contributed by atoms with Gasteiger partial charge in [0, 0.05) is 28.2 Å². The molecule has 0 aliphatic carbocycles. The number of carboxylic acid groups (broad SMARTS) is 2. The minimum absolute atomic E-state index is 0.115. The molecular weight excluding hydrogens is 290 g/mol. The van der Waals surface area contributed by atoms with Crippen molar-refractivity contribution in [3.8, 4) is 0 Å². The molecule has 3 unspecified atom stereocenters. The van der Waals surface area contributed by atoms with Gasteiger partial charge in [0.25, 0.3) is 0 Å². The lowest BCUT2D eigenvalue weighted by Crippen LogP contribution is -2.42. The number of aliphatic carboxylic acids is 2. The van der Waals surface area contributed by atoms with Crippen LogP contribution in [0.3, 0.4) is 0 Å². The zero-order chi connectivity index (χ0) is 15.9. The highest BCUT2D eigenvalue weighted by Crippen LogP contribution is 2.00. The molecule has 0 rings (SSSR count). The van der Waals surface area contributed by atoms with Gasteiger partial charge in [-0.15, -0.1) is 0 Å². The third kappa shape index (κ3) is 8.43. The third-order valence-corrected chi connectivity index (χ3v) is 3.44. The van der Waals surface area contributed by atoms with Crippen LogP contribution >= 0.6 is 0 Å². The van der Waals surface area contributed by atoms with Crippen LogP contribution in [0.5, 0.6) is 0 Å². The first-order valence-corrected chi connectivity index (χ1v) is 7.88. The van der Waals surface area contributed by atoms with Crippen molar-refractivity contribution in [1.82, 2.24) is 5.32 Å². The first-order chi connectivity index (χ1) is 9.03. The van der Waals surface area contributed by atoms with Crippen LogP contribution in [0.25, 0.3) is 0 Å². The lowest BCUT2D eigenvalue weighted by Gasteiger charge is -2.15. The third-order valence-electron chi connectivity index (χ3n) is 2.43. The molecule has 9 nitrogen and oxygen atoms in total. The van der Waals surface area contributed by atoms with Gasteiger partial charge in [-0.25, -0.2) is 4.79 Å². The van der Waals surface area contributed by atoms with Gasteiger partial charge in [0.1, 0.15) is 12.1 Å². The molecule has 20 heavy (non-hydrogen) atoms. The minimum Gasteiger partial charge on any atom is -0.480 e. The summed E-state index contributed by atoms with van der Waals surface area (Å²) in [5, 5.41) is 19.6. The predicted octanol–water partition coefficient (Wildman–Crippen LogP) is -1.19. The maximum atomic E-state index is 11.5. The Morgan fingerprint density at radius 1 is 1.25 bits per heavy atom. The van der Waals surface area contributed by atoms with E-state index in [0.29, 0.717) is 0 Å². The Balaban J connectivity index is 4.35. The molecule has 0 aliphatic rings. The monoisotopic (exact) mass is 309 g/mol. The Morgan fingerprint density at radius 3 is 2.20 bits per heavy atom. The number of carbonyl (C=O) groups excluding carboxylic acids is 1. The van der Waals surface area contributed by atoms with Gasteiger partial charge in [-0.2, -0.15) is 0 Å². The van der Waals surface area contributed by atoms with E-state index in [9.17, 15) is 18.6 Å².